The Morgan fingerprint density at radius 1 is 0.648 bits per heavy atom. The lowest BCUT2D eigenvalue weighted by atomic mass is 10.1. The van der Waals surface area contributed by atoms with Crippen molar-refractivity contribution in [1.29, 1.82) is 0 Å². The Labute approximate surface area is 330 Å². The largest absolute Gasteiger partial charge is 0.472 e. The summed E-state index contributed by atoms with van der Waals surface area (Å²) in [7, 11) is 1.50. The molecule has 0 saturated heterocycles. The lowest BCUT2D eigenvalue weighted by Gasteiger charge is -2.25. The summed E-state index contributed by atoms with van der Waals surface area (Å²) in [5, 5.41) is 13.7. The quantitative estimate of drug-likeness (QED) is 0.0256. The van der Waals surface area contributed by atoms with Crippen molar-refractivity contribution in [2.24, 2.45) is 0 Å². The van der Waals surface area contributed by atoms with Crippen LogP contribution in [0.2, 0.25) is 0 Å². The first kappa shape index (κ1) is 51.4. The van der Waals surface area contributed by atoms with Crippen LogP contribution in [0.5, 0.6) is 0 Å². The maximum absolute atomic E-state index is 12.8. The number of rotatable bonds is 35. The Bertz CT molecular complexity index is 1190. The molecule has 3 unspecified atom stereocenters. The number of unbranched alkanes of at least 4 members (excludes halogenated alkanes) is 8. The Balaban J connectivity index is 4.58. The molecular formula is C45H78N2O6P+. The van der Waals surface area contributed by atoms with Crippen LogP contribution in [-0.2, 0) is 18.4 Å². The van der Waals surface area contributed by atoms with E-state index in [1.54, 1.807) is 6.08 Å². The van der Waals surface area contributed by atoms with E-state index in [1.165, 1.54) is 32.1 Å². The Morgan fingerprint density at radius 3 is 1.69 bits per heavy atom. The summed E-state index contributed by atoms with van der Waals surface area (Å²) >= 11 is 0. The van der Waals surface area contributed by atoms with E-state index in [4.69, 9.17) is 9.05 Å². The maximum Gasteiger partial charge on any atom is 0.472 e. The van der Waals surface area contributed by atoms with Gasteiger partial charge in [0.2, 0.25) is 5.91 Å². The van der Waals surface area contributed by atoms with Gasteiger partial charge in [0.15, 0.2) is 0 Å². The van der Waals surface area contributed by atoms with Gasteiger partial charge >= 0.3 is 7.82 Å². The van der Waals surface area contributed by atoms with E-state index in [9.17, 15) is 19.4 Å². The van der Waals surface area contributed by atoms with E-state index >= 15 is 0 Å². The van der Waals surface area contributed by atoms with Crippen molar-refractivity contribution in [2.45, 2.75) is 142 Å². The maximum atomic E-state index is 12.8. The number of aliphatic hydroxyl groups is 1. The van der Waals surface area contributed by atoms with Crippen molar-refractivity contribution in [3.63, 3.8) is 0 Å². The number of allylic oxidation sites excluding steroid dienone is 15. The summed E-state index contributed by atoms with van der Waals surface area (Å²) in [4.78, 5) is 23.0. The number of nitrogens with one attached hydrogen (secondary N) is 1. The van der Waals surface area contributed by atoms with E-state index in [-0.39, 0.29) is 25.5 Å². The molecule has 0 bridgehead atoms. The number of quaternary nitrogens is 1. The van der Waals surface area contributed by atoms with Crippen LogP contribution in [-0.4, -0.2) is 73.4 Å². The molecular weight excluding hydrogens is 695 g/mol. The SMILES string of the molecule is CC/C=C\C/C=C\C/C=C\C/C=C\C/C=C\C/C=C\CCCCC(=O)NC(COP(=O)(O)OCC[N+](C)(C)C)C(O)/C=C/CC/C=C/CCCCCCC. The lowest BCUT2D eigenvalue weighted by Crippen LogP contribution is -2.45. The van der Waals surface area contributed by atoms with E-state index in [2.05, 4.69) is 104 Å². The first-order chi connectivity index (χ1) is 26.0. The van der Waals surface area contributed by atoms with Crippen LogP contribution in [0.4, 0.5) is 0 Å². The van der Waals surface area contributed by atoms with Crippen LogP contribution < -0.4 is 5.32 Å². The predicted molar refractivity (Wildman–Crippen MR) is 230 cm³/mol. The number of amides is 1. The van der Waals surface area contributed by atoms with E-state index < -0.39 is 20.0 Å². The molecule has 9 heteroatoms. The van der Waals surface area contributed by atoms with Crippen LogP contribution in [0.1, 0.15) is 129 Å². The highest BCUT2D eigenvalue weighted by Crippen LogP contribution is 2.43. The molecule has 3 atom stereocenters. The summed E-state index contributed by atoms with van der Waals surface area (Å²) in [6.07, 6.45) is 50.6. The summed E-state index contributed by atoms with van der Waals surface area (Å²) in [6, 6.07) is -0.891. The standard InChI is InChI=1S/C45H77N2O6P/c1-6-8-10-12-14-16-18-19-20-21-22-23-24-25-26-27-29-31-33-35-37-39-45(49)46-43(42-53-54(50,51)52-41-40-47(3,4)5)44(48)38-36-34-32-30-28-17-15-13-11-9-7-2/h8,10,14,16,19-20,22-23,25-26,28-31,36,38,43-44,48H,6-7,9,11-13,15,17-18,21,24,27,32-35,37,39-42H2,1-5H3,(H-,46,49,50,51)/p+1/b10-8-,16-14-,20-19-,23-22-,26-25-,30-28+,31-29-,38-36+. The van der Waals surface area contributed by atoms with Gasteiger partial charge in [0.1, 0.15) is 13.2 Å². The molecule has 3 N–H and O–H groups in total. The number of aliphatic hydroxyl groups excluding tert-OH is 1. The van der Waals surface area contributed by atoms with Crippen molar-refractivity contribution in [1.82, 2.24) is 5.32 Å². The third-order valence-electron chi connectivity index (χ3n) is 8.29. The molecule has 0 heterocycles. The van der Waals surface area contributed by atoms with Crippen molar-refractivity contribution in [3.05, 3.63) is 97.2 Å². The first-order valence-electron chi connectivity index (χ1n) is 20.6. The van der Waals surface area contributed by atoms with E-state index in [0.717, 1.165) is 70.6 Å². The molecule has 0 fully saturated rings. The molecule has 0 aliphatic carbocycles. The first-order valence-corrected chi connectivity index (χ1v) is 22.1. The average Bonchev–Trinajstić information content (AvgIpc) is 3.12. The molecule has 0 radical (unpaired) electrons. The van der Waals surface area contributed by atoms with Gasteiger partial charge in [-0.15, -0.1) is 0 Å². The highest BCUT2D eigenvalue weighted by molar-refractivity contribution is 7.47. The topological polar surface area (TPSA) is 105 Å². The minimum Gasteiger partial charge on any atom is -0.387 e. The van der Waals surface area contributed by atoms with Gasteiger partial charge in [0, 0.05) is 6.42 Å². The van der Waals surface area contributed by atoms with Gasteiger partial charge in [0.05, 0.1) is 39.9 Å². The lowest BCUT2D eigenvalue weighted by molar-refractivity contribution is -0.870. The molecule has 54 heavy (non-hydrogen) atoms. The van der Waals surface area contributed by atoms with Gasteiger partial charge in [-0.25, -0.2) is 4.57 Å². The van der Waals surface area contributed by atoms with Crippen molar-refractivity contribution >= 4 is 13.7 Å². The highest BCUT2D eigenvalue weighted by atomic mass is 31.2. The molecule has 1 amide bonds. The summed E-state index contributed by atoms with van der Waals surface area (Å²) < 4.78 is 23.4. The van der Waals surface area contributed by atoms with Gasteiger partial charge in [-0.3, -0.25) is 13.8 Å². The molecule has 0 aromatic rings. The molecule has 308 valence electrons. The Hall–Kier alpha value is -2.58. The van der Waals surface area contributed by atoms with Crippen molar-refractivity contribution in [2.75, 3.05) is 40.9 Å². The second-order valence-electron chi connectivity index (χ2n) is 14.6. The summed E-state index contributed by atoms with van der Waals surface area (Å²) in [6.45, 7) is 4.57. The minimum atomic E-state index is -4.36. The van der Waals surface area contributed by atoms with Gasteiger partial charge in [0.25, 0.3) is 0 Å². The number of carbonyl (C=O) groups excluding carboxylic acids is 1. The molecule has 0 spiro atoms. The number of hydrogen-bond acceptors (Lipinski definition) is 5. The zero-order chi connectivity index (χ0) is 40.0. The normalized spacial score (nSPS) is 15.5. The molecule has 0 saturated carbocycles. The second kappa shape index (κ2) is 36.1. The van der Waals surface area contributed by atoms with Gasteiger partial charge < -0.3 is 19.8 Å². The average molecular weight is 774 g/mol. The third kappa shape index (κ3) is 37.7. The number of likely N-dealkylation sites (N-methyl/N-ethyl adjacent to an activating group) is 1. The molecule has 0 aliphatic rings. The predicted octanol–water partition coefficient (Wildman–Crippen LogP) is 11.2. The van der Waals surface area contributed by atoms with E-state index in [0.29, 0.717) is 17.4 Å². The zero-order valence-corrected chi connectivity index (χ0v) is 35.6. The van der Waals surface area contributed by atoms with Crippen LogP contribution in [0, 0.1) is 0 Å². The molecule has 0 aliphatic heterocycles. The van der Waals surface area contributed by atoms with Gasteiger partial charge in [-0.05, 0) is 83.5 Å². The zero-order valence-electron chi connectivity index (χ0n) is 34.7. The number of carbonyl (C=O) groups is 1. The monoisotopic (exact) mass is 774 g/mol. The smallest absolute Gasteiger partial charge is 0.387 e. The number of phosphoric ester groups is 1. The number of nitrogens with zero attached hydrogens (tertiary/aromatic N) is 1. The van der Waals surface area contributed by atoms with Crippen LogP contribution >= 0.6 is 7.82 Å². The highest BCUT2D eigenvalue weighted by Gasteiger charge is 2.27. The van der Waals surface area contributed by atoms with Crippen LogP contribution in [0.15, 0.2) is 97.2 Å². The molecule has 8 nitrogen and oxygen atoms in total. The number of phosphoric acid groups is 1. The fourth-order valence-corrected chi connectivity index (χ4v) is 5.73. The Kier molecular flexibility index (Phi) is 34.4. The summed E-state index contributed by atoms with van der Waals surface area (Å²) in [5.74, 6) is -0.237. The van der Waals surface area contributed by atoms with Crippen LogP contribution in [0.3, 0.4) is 0 Å². The van der Waals surface area contributed by atoms with Crippen molar-refractivity contribution in [3.8, 4) is 0 Å². The van der Waals surface area contributed by atoms with Crippen molar-refractivity contribution < 1.29 is 32.9 Å². The Morgan fingerprint density at radius 2 is 1.13 bits per heavy atom. The molecule has 0 aromatic carbocycles. The second-order valence-corrected chi connectivity index (χ2v) is 16.1. The molecule has 0 rings (SSSR count). The fourth-order valence-electron chi connectivity index (χ4n) is 5.00. The number of hydrogen-bond donors (Lipinski definition) is 3. The van der Waals surface area contributed by atoms with Gasteiger partial charge in [-0.1, -0.05) is 137 Å². The van der Waals surface area contributed by atoms with Crippen LogP contribution in [0.25, 0.3) is 0 Å². The summed E-state index contributed by atoms with van der Waals surface area (Å²) in [5.41, 5.74) is 0. The van der Waals surface area contributed by atoms with E-state index in [1.807, 2.05) is 27.2 Å². The third-order valence-corrected chi connectivity index (χ3v) is 9.27. The minimum absolute atomic E-state index is 0.0415. The van der Waals surface area contributed by atoms with Gasteiger partial charge in [-0.2, -0.15) is 0 Å². The fraction of sp³-hybridized carbons (Fsp3) is 0.622. The molecule has 0 aromatic heterocycles.